The Hall–Kier alpha value is -2.57. The van der Waals surface area contributed by atoms with Gasteiger partial charge in [0.15, 0.2) is 5.78 Å². The SMILES string of the molecule is O=C1OC(CC(=O)c2ccccc2)C(Sc2ccccc2C(=O)O)=C1Cl. The molecule has 3 rings (SSSR count). The van der Waals surface area contributed by atoms with E-state index < -0.39 is 18.0 Å². The zero-order valence-corrected chi connectivity index (χ0v) is 14.9. The number of thioether (sulfide) groups is 1. The molecule has 0 radical (unpaired) electrons. The van der Waals surface area contributed by atoms with Crippen molar-refractivity contribution >= 4 is 41.1 Å². The number of carboxylic acid groups (broad SMARTS) is 1. The molecule has 2 aromatic rings. The number of hydrogen-bond acceptors (Lipinski definition) is 5. The lowest BCUT2D eigenvalue weighted by Gasteiger charge is -2.14. The monoisotopic (exact) mass is 388 g/mol. The predicted octanol–water partition coefficient (Wildman–Crippen LogP) is 4.13. The van der Waals surface area contributed by atoms with Crippen LogP contribution in [0.4, 0.5) is 0 Å². The fourth-order valence-corrected chi connectivity index (χ4v) is 3.85. The smallest absolute Gasteiger partial charge is 0.351 e. The molecule has 1 heterocycles. The first kappa shape index (κ1) is 18.2. The van der Waals surface area contributed by atoms with Gasteiger partial charge in [-0.1, -0.05) is 65.8 Å². The number of cyclic esters (lactones) is 1. The summed E-state index contributed by atoms with van der Waals surface area (Å²) in [6.45, 7) is 0. The standard InChI is InChI=1S/C19H13ClO5S/c20-16-17(26-15-9-5-4-8-12(15)18(22)23)14(25-19(16)24)10-13(21)11-6-2-1-3-7-11/h1-9,14H,10H2,(H,22,23). The van der Waals surface area contributed by atoms with Crippen LogP contribution >= 0.6 is 23.4 Å². The van der Waals surface area contributed by atoms with Gasteiger partial charge in [-0.15, -0.1) is 0 Å². The van der Waals surface area contributed by atoms with Crippen LogP contribution in [0.5, 0.6) is 0 Å². The third-order valence-corrected chi connectivity index (χ3v) is 5.47. The number of carbonyl (C=O) groups excluding carboxylic acids is 2. The van der Waals surface area contributed by atoms with E-state index in [1.807, 2.05) is 0 Å². The van der Waals surface area contributed by atoms with E-state index in [1.165, 1.54) is 6.07 Å². The Bertz CT molecular complexity index is 907. The highest BCUT2D eigenvalue weighted by atomic mass is 35.5. The van der Waals surface area contributed by atoms with Crippen molar-refractivity contribution in [3.8, 4) is 0 Å². The molecule has 0 saturated carbocycles. The van der Waals surface area contributed by atoms with Crippen LogP contribution in [-0.4, -0.2) is 28.9 Å². The molecule has 1 N–H and O–H groups in total. The molecule has 0 aromatic heterocycles. The van der Waals surface area contributed by atoms with Gasteiger partial charge in [-0.05, 0) is 12.1 Å². The molecule has 0 fully saturated rings. The second-order valence-corrected chi connectivity index (χ2v) is 6.93. The van der Waals surface area contributed by atoms with Gasteiger partial charge in [0.1, 0.15) is 11.1 Å². The Morgan fingerprint density at radius 2 is 1.73 bits per heavy atom. The molecule has 1 aliphatic rings. The first-order chi connectivity index (χ1) is 12.5. The summed E-state index contributed by atoms with van der Waals surface area (Å²) in [5.41, 5.74) is 0.587. The average molecular weight is 389 g/mol. The minimum Gasteiger partial charge on any atom is -0.478 e. The summed E-state index contributed by atoms with van der Waals surface area (Å²) in [6, 6.07) is 15.0. The molecule has 1 aliphatic heterocycles. The molecule has 5 nitrogen and oxygen atoms in total. The van der Waals surface area contributed by atoms with Crippen molar-refractivity contribution < 1.29 is 24.2 Å². The lowest BCUT2D eigenvalue weighted by molar-refractivity contribution is -0.138. The summed E-state index contributed by atoms with van der Waals surface area (Å²) in [7, 11) is 0. The van der Waals surface area contributed by atoms with Gasteiger partial charge in [-0.2, -0.15) is 0 Å². The van der Waals surface area contributed by atoms with Gasteiger partial charge in [0.2, 0.25) is 0 Å². The fraction of sp³-hybridized carbons (Fsp3) is 0.105. The number of rotatable bonds is 6. The number of carbonyl (C=O) groups is 3. The van der Waals surface area contributed by atoms with Gasteiger partial charge in [-0.25, -0.2) is 9.59 Å². The van der Waals surface area contributed by atoms with E-state index in [1.54, 1.807) is 48.5 Å². The minimum atomic E-state index is -1.09. The summed E-state index contributed by atoms with van der Waals surface area (Å²) in [5, 5.41) is 9.18. The highest BCUT2D eigenvalue weighted by molar-refractivity contribution is 8.03. The van der Waals surface area contributed by atoms with E-state index in [-0.39, 0.29) is 22.8 Å². The lowest BCUT2D eigenvalue weighted by atomic mass is 10.1. The number of benzene rings is 2. The van der Waals surface area contributed by atoms with Crippen molar-refractivity contribution in [2.24, 2.45) is 0 Å². The van der Waals surface area contributed by atoms with Crippen LogP contribution in [0.25, 0.3) is 0 Å². The molecule has 26 heavy (non-hydrogen) atoms. The molecule has 2 aromatic carbocycles. The normalized spacial score (nSPS) is 16.5. The summed E-state index contributed by atoms with van der Waals surface area (Å²) >= 11 is 7.09. The zero-order valence-electron chi connectivity index (χ0n) is 13.3. The number of hydrogen-bond donors (Lipinski definition) is 1. The molecule has 0 spiro atoms. The molecule has 0 bridgehead atoms. The second kappa shape index (κ2) is 7.76. The van der Waals surface area contributed by atoms with Crippen LogP contribution in [-0.2, 0) is 9.53 Å². The Balaban J connectivity index is 1.85. The molecular formula is C19H13ClO5S. The second-order valence-electron chi connectivity index (χ2n) is 5.47. The number of halogens is 1. The van der Waals surface area contributed by atoms with Gasteiger partial charge < -0.3 is 9.84 Å². The van der Waals surface area contributed by atoms with Crippen LogP contribution in [0.3, 0.4) is 0 Å². The van der Waals surface area contributed by atoms with Crippen LogP contribution in [0.2, 0.25) is 0 Å². The molecule has 1 atom stereocenters. The van der Waals surface area contributed by atoms with Gasteiger partial charge in [-0.3, -0.25) is 4.79 Å². The molecular weight excluding hydrogens is 376 g/mol. The quantitative estimate of drug-likeness (QED) is 0.592. The van der Waals surface area contributed by atoms with E-state index in [4.69, 9.17) is 16.3 Å². The van der Waals surface area contributed by atoms with Crippen LogP contribution < -0.4 is 0 Å². The zero-order chi connectivity index (χ0) is 18.7. The maximum atomic E-state index is 12.4. The summed E-state index contributed by atoms with van der Waals surface area (Å²) in [4.78, 5) is 36.4. The van der Waals surface area contributed by atoms with Gasteiger partial charge in [0.25, 0.3) is 0 Å². The highest BCUT2D eigenvalue weighted by Gasteiger charge is 2.36. The Kier molecular flexibility index (Phi) is 5.44. The van der Waals surface area contributed by atoms with Crippen molar-refractivity contribution in [1.82, 2.24) is 0 Å². The van der Waals surface area contributed by atoms with Gasteiger partial charge >= 0.3 is 11.9 Å². The van der Waals surface area contributed by atoms with Crippen LogP contribution in [0.15, 0.2) is 69.4 Å². The molecule has 0 saturated heterocycles. The van der Waals surface area contributed by atoms with Gasteiger partial charge in [0.05, 0.1) is 16.9 Å². The fourth-order valence-electron chi connectivity index (χ4n) is 2.48. The number of carboxylic acids is 1. The van der Waals surface area contributed by atoms with Crippen LogP contribution in [0.1, 0.15) is 27.1 Å². The Morgan fingerprint density at radius 1 is 1.08 bits per heavy atom. The highest BCUT2D eigenvalue weighted by Crippen LogP contribution is 2.41. The molecule has 7 heteroatoms. The van der Waals surface area contributed by atoms with E-state index in [0.29, 0.717) is 15.4 Å². The largest absolute Gasteiger partial charge is 0.478 e. The lowest BCUT2D eigenvalue weighted by Crippen LogP contribution is -2.16. The summed E-state index contributed by atoms with van der Waals surface area (Å²) < 4.78 is 5.22. The number of aromatic carboxylic acids is 1. The molecule has 0 amide bonds. The maximum Gasteiger partial charge on any atom is 0.351 e. The third kappa shape index (κ3) is 3.81. The summed E-state index contributed by atoms with van der Waals surface area (Å²) in [5.74, 6) is -2.00. The molecule has 0 aliphatic carbocycles. The number of Topliss-reactive ketones (excluding diaryl/α,β-unsaturated/α-hetero) is 1. The first-order valence-electron chi connectivity index (χ1n) is 7.66. The van der Waals surface area contributed by atoms with Crippen molar-refractivity contribution in [2.75, 3.05) is 0 Å². The first-order valence-corrected chi connectivity index (χ1v) is 8.86. The van der Waals surface area contributed by atoms with Crippen molar-refractivity contribution in [2.45, 2.75) is 17.4 Å². The van der Waals surface area contributed by atoms with Crippen molar-refractivity contribution in [3.05, 3.63) is 75.7 Å². The number of esters is 1. The maximum absolute atomic E-state index is 12.4. The molecule has 132 valence electrons. The Labute approximate surface area is 158 Å². The predicted molar refractivity (Wildman–Crippen MR) is 97.4 cm³/mol. The average Bonchev–Trinajstić information content (AvgIpc) is 2.90. The topological polar surface area (TPSA) is 80.7 Å². The third-order valence-electron chi connectivity index (χ3n) is 3.74. The van der Waals surface area contributed by atoms with Crippen LogP contribution in [0, 0.1) is 0 Å². The van der Waals surface area contributed by atoms with E-state index in [0.717, 1.165) is 11.8 Å². The molecule has 1 unspecified atom stereocenters. The van der Waals surface area contributed by atoms with Crippen molar-refractivity contribution in [1.29, 1.82) is 0 Å². The van der Waals surface area contributed by atoms with E-state index in [9.17, 15) is 19.5 Å². The Morgan fingerprint density at radius 3 is 2.42 bits per heavy atom. The van der Waals surface area contributed by atoms with E-state index in [2.05, 4.69) is 0 Å². The number of ether oxygens (including phenoxy) is 1. The number of ketones is 1. The van der Waals surface area contributed by atoms with E-state index >= 15 is 0 Å². The summed E-state index contributed by atoms with van der Waals surface area (Å²) in [6.07, 6.45) is -0.904. The van der Waals surface area contributed by atoms with Crippen molar-refractivity contribution in [3.63, 3.8) is 0 Å². The van der Waals surface area contributed by atoms with Gasteiger partial charge in [0, 0.05) is 10.5 Å². The minimum absolute atomic E-state index is 0.0659.